The molecule has 0 fully saturated rings. The molecule has 2 aliphatic carbocycles. The lowest BCUT2D eigenvalue weighted by Gasteiger charge is -2.40. The van der Waals surface area contributed by atoms with Crippen LogP contribution in [0.2, 0.25) is 0 Å². The summed E-state index contributed by atoms with van der Waals surface area (Å²) in [6.07, 6.45) is 2.73. The Balaban J connectivity index is 0.805. The van der Waals surface area contributed by atoms with Gasteiger partial charge in [-0.15, -0.1) is 0 Å². The van der Waals surface area contributed by atoms with Crippen molar-refractivity contribution < 1.29 is 8.85 Å². The summed E-state index contributed by atoms with van der Waals surface area (Å²) < 4.78 is 33.1. The zero-order valence-corrected chi connectivity index (χ0v) is 50.4. The van der Waals surface area contributed by atoms with Gasteiger partial charge in [-0.25, -0.2) is 4.98 Å². The third-order valence-corrected chi connectivity index (χ3v) is 18.8. The number of pyridine rings is 1. The molecule has 0 bridgehead atoms. The Morgan fingerprint density at radius 2 is 1.05 bits per heavy atom. The first-order valence-corrected chi connectivity index (χ1v) is 30.7. The van der Waals surface area contributed by atoms with E-state index in [4.69, 9.17) is 13.8 Å². The van der Waals surface area contributed by atoms with E-state index >= 15 is 0 Å². The van der Waals surface area contributed by atoms with E-state index in [1.165, 1.54) is 66.8 Å². The van der Waals surface area contributed by atoms with Gasteiger partial charge in [-0.2, -0.15) is 0 Å². The minimum absolute atomic E-state index is 0.0914. The maximum atomic E-state index is 7.99. The number of ether oxygens (including phenoxy) is 1. The number of hydrogen-bond donors (Lipinski definition) is 0. The molecular formula is C83H68N4O. The highest BCUT2D eigenvalue weighted by molar-refractivity contribution is 6.09. The van der Waals surface area contributed by atoms with Crippen molar-refractivity contribution in [3.05, 3.63) is 311 Å². The van der Waals surface area contributed by atoms with Crippen molar-refractivity contribution in [2.45, 2.75) is 71.1 Å². The van der Waals surface area contributed by atoms with Gasteiger partial charge in [0, 0.05) is 55.6 Å². The Morgan fingerprint density at radius 1 is 0.432 bits per heavy atom. The predicted molar refractivity (Wildman–Crippen MR) is 366 cm³/mol. The first-order valence-electron chi connectivity index (χ1n) is 32.2. The van der Waals surface area contributed by atoms with Gasteiger partial charge in [-0.1, -0.05) is 229 Å². The quantitative estimate of drug-likeness (QED) is 0.152. The number of nitrogens with zero attached hydrogens (tertiary/aromatic N) is 4. The Kier molecular flexibility index (Phi) is 11.5. The summed E-state index contributed by atoms with van der Waals surface area (Å²) in [4.78, 5) is 9.97. The summed E-state index contributed by atoms with van der Waals surface area (Å²) in [5.74, 6) is 2.15. The van der Waals surface area contributed by atoms with Gasteiger partial charge in [0.2, 0.25) is 0 Å². The van der Waals surface area contributed by atoms with Crippen molar-refractivity contribution >= 4 is 44.6 Å². The number of aromatic nitrogens is 2. The van der Waals surface area contributed by atoms with Crippen LogP contribution < -0.4 is 14.5 Å². The van der Waals surface area contributed by atoms with E-state index in [0.717, 1.165) is 79.0 Å². The molecule has 0 radical (unpaired) electrons. The molecular weight excluding hydrogens is 1070 g/mol. The van der Waals surface area contributed by atoms with Gasteiger partial charge in [0.1, 0.15) is 24.0 Å². The third-order valence-electron chi connectivity index (χ3n) is 18.8. The Bertz CT molecular complexity index is 5000. The molecule has 88 heavy (non-hydrogen) atoms. The molecule has 5 heteroatoms. The van der Waals surface area contributed by atoms with E-state index in [1.54, 1.807) is 18.2 Å². The largest absolute Gasteiger partial charge is 0.457 e. The monoisotopic (exact) mass is 1140 g/mol. The van der Waals surface area contributed by atoms with Crippen LogP contribution in [0.1, 0.15) is 95.7 Å². The average Bonchev–Trinajstić information content (AvgIpc) is 1.56. The van der Waals surface area contributed by atoms with Crippen LogP contribution in [0, 0.1) is 6.85 Å². The van der Waals surface area contributed by atoms with Crippen LogP contribution in [0.4, 0.5) is 22.7 Å². The first kappa shape index (κ1) is 50.0. The van der Waals surface area contributed by atoms with Gasteiger partial charge in [-0.3, -0.25) is 4.57 Å². The maximum Gasteiger partial charge on any atom is 0.137 e. The molecule has 0 saturated heterocycles. The van der Waals surface area contributed by atoms with Crippen LogP contribution >= 0.6 is 0 Å². The van der Waals surface area contributed by atoms with Crippen LogP contribution in [0.3, 0.4) is 0 Å². The van der Waals surface area contributed by atoms with Crippen LogP contribution in [0.25, 0.3) is 72.1 Å². The van der Waals surface area contributed by atoms with E-state index in [2.05, 4.69) is 268 Å². The fourth-order valence-corrected chi connectivity index (χ4v) is 14.5. The SMILES string of the molecule is [2H]C([2H])([2H])c1cccc(-c2ccc(-n3c4ccccc4c4ccc(Oc5cccc(N6CN(c7c(-c8cc(C(C)(C)C)cc(C(C)(C)C)c8)cccc7-c7ccc8c(c7)-c7ccccc7C87c8ccccc8Cc8ccccc87)c7ccccc76)c5)cc43)nc2)c1. The van der Waals surface area contributed by atoms with Crippen molar-refractivity contribution in [3.63, 3.8) is 0 Å². The molecule has 3 heterocycles. The number of benzene rings is 11. The average molecular weight is 1140 g/mol. The zero-order chi connectivity index (χ0) is 62.1. The second-order valence-corrected chi connectivity index (χ2v) is 26.2. The molecule has 0 unspecified atom stereocenters. The van der Waals surface area contributed by atoms with E-state index < -0.39 is 12.3 Å². The summed E-state index contributed by atoms with van der Waals surface area (Å²) in [6, 6.07) is 92.1. The lowest BCUT2D eigenvalue weighted by atomic mass is 9.61. The molecule has 3 aliphatic rings. The summed E-state index contributed by atoms with van der Waals surface area (Å²) in [7, 11) is 0. The van der Waals surface area contributed by atoms with E-state index in [-0.39, 0.29) is 10.8 Å². The highest BCUT2D eigenvalue weighted by atomic mass is 16.5. The second kappa shape index (κ2) is 20.2. The fourth-order valence-electron chi connectivity index (χ4n) is 14.5. The normalized spacial score (nSPS) is 14.5. The highest BCUT2D eigenvalue weighted by Crippen LogP contribution is 2.60. The second-order valence-electron chi connectivity index (χ2n) is 26.2. The number of anilines is 4. The molecule has 11 aromatic carbocycles. The van der Waals surface area contributed by atoms with Crippen LogP contribution in [-0.2, 0) is 22.7 Å². The van der Waals surface area contributed by atoms with Gasteiger partial charge < -0.3 is 14.5 Å². The Morgan fingerprint density at radius 3 is 1.78 bits per heavy atom. The lowest BCUT2D eigenvalue weighted by molar-refractivity contribution is 0.483. The number of aryl methyl sites for hydroxylation is 1. The minimum atomic E-state index is -2.20. The number of hydrogen-bond acceptors (Lipinski definition) is 4. The van der Waals surface area contributed by atoms with E-state index in [0.29, 0.717) is 23.7 Å². The summed E-state index contributed by atoms with van der Waals surface area (Å²) in [6.45, 7) is 12.3. The summed E-state index contributed by atoms with van der Waals surface area (Å²) >= 11 is 0. The summed E-state index contributed by atoms with van der Waals surface area (Å²) in [5.41, 5.74) is 25.7. The topological polar surface area (TPSA) is 33.5 Å². The molecule has 1 spiro atoms. The van der Waals surface area contributed by atoms with Crippen molar-refractivity contribution in [2.24, 2.45) is 0 Å². The molecule has 1 aliphatic heterocycles. The number of fused-ring (bicyclic) bond motifs is 13. The van der Waals surface area contributed by atoms with E-state index in [1.807, 2.05) is 30.5 Å². The zero-order valence-electron chi connectivity index (χ0n) is 53.4. The van der Waals surface area contributed by atoms with Gasteiger partial charge in [0.15, 0.2) is 0 Å². The molecule has 0 saturated carbocycles. The smallest absolute Gasteiger partial charge is 0.137 e. The molecule has 16 rings (SSSR count). The van der Waals surface area contributed by atoms with Crippen molar-refractivity contribution in [3.8, 4) is 61.8 Å². The van der Waals surface area contributed by atoms with Crippen LogP contribution in [0.15, 0.2) is 261 Å². The molecule has 0 N–H and O–H groups in total. The molecule has 426 valence electrons. The minimum Gasteiger partial charge on any atom is -0.457 e. The van der Waals surface area contributed by atoms with Gasteiger partial charge in [0.25, 0.3) is 0 Å². The molecule has 5 nitrogen and oxygen atoms in total. The molecule has 0 atom stereocenters. The van der Waals surface area contributed by atoms with Gasteiger partial charge >= 0.3 is 0 Å². The molecule has 2 aromatic heterocycles. The van der Waals surface area contributed by atoms with Crippen LogP contribution in [-0.4, -0.2) is 16.2 Å². The Hall–Kier alpha value is -10.2. The van der Waals surface area contributed by atoms with Crippen molar-refractivity contribution in [1.29, 1.82) is 0 Å². The fraction of sp³-hybridized carbons (Fsp3) is 0.145. The number of para-hydroxylation sites is 4. The third kappa shape index (κ3) is 8.54. The van der Waals surface area contributed by atoms with Crippen LogP contribution in [0.5, 0.6) is 11.5 Å². The van der Waals surface area contributed by atoms with Crippen molar-refractivity contribution in [1.82, 2.24) is 9.55 Å². The Labute approximate surface area is 520 Å². The number of rotatable bonds is 8. The van der Waals surface area contributed by atoms with E-state index in [9.17, 15) is 0 Å². The highest BCUT2D eigenvalue weighted by Gasteiger charge is 2.50. The summed E-state index contributed by atoms with van der Waals surface area (Å²) in [5, 5.41) is 2.18. The maximum absolute atomic E-state index is 7.99. The standard InChI is InChI=1S/C83H68N4O/c1-53-21-18-24-54(43-53)58-38-42-79(84-51-58)87-75-34-15-11-28-68(75)69-40-39-64(50-78(69)87)88-63-26-19-25-62(49-63)85-52-86(77-36-17-16-35-76(77)85)80-65(29-20-30-66(80)59-45-60(81(2,3)4)48-61(46-59)82(5,6)7)55-37-41-74-70(47-55)67-27-10-14-33-73(67)83(74)71-31-12-8-22-56(71)44-57-23-9-13-32-72(57)83/h8-43,45-51H,44,52H2,1-7H3/i1D3. The molecule has 13 aromatic rings. The predicted octanol–water partition coefficient (Wildman–Crippen LogP) is 21.4. The van der Waals surface area contributed by atoms with Crippen molar-refractivity contribution in [2.75, 3.05) is 16.5 Å². The lowest BCUT2D eigenvalue weighted by Crippen LogP contribution is -2.34. The van der Waals surface area contributed by atoms with Gasteiger partial charge in [0.05, 0.1) is 33.5 Å². The van der Waals surface area contributed by atoms with Gasteiger partial charge in [-0.05, 0) is 157 Å². The molecule has 0 amide bonds. The first-order chi connectivity index (χ1) is 44.0.